The molecule has 0 saturated heterocycles. The molecule has 116 valence electrons. The van der Waals surface area contributed by atoms with Crippen LogP contribution in [0.25, 0.3) is 0 Å². The lowest BCUT2D eigenvalue weighted by Gasteiger charge is -2.18. The van der Waals surface area contributed by atoms with Gasteiger partial charge in [-0.1, -0.05) is 0 Å². The largest absolute Gasteiger partial charge is 0.372 e. The third-order valence-electron chi connectivity index (χ3n) is 3.40. The second-order valence-electron chi connectivity index (χ2n) is 5.43. The molecule has 2 heterocycles. The van der Waals surface area contributed by atoms with Crippen molar-refractivity contribution in [2.45, 2.75) is 31.7 Å². The molecule has 2 N–H and O–H groups in total. The summed E-state index contributed by atoms with van der Waals surface area (Å²) in [6.07, 6.45) is 3.29. The zero-order valence-corrected chi connectivity index (χ0v) is 13.6. The summed E-state index contributed by atoms with van der Waals surface area (Å²) in [6.45, 7) is 5.55. The van der Waals surface area contributed by atoms with Gasteiger partial charge in [0.15, 0.2) is 0 Å². The maximum atomic E-state index is 12.7. The Morgan fingerprint density at radius 3 is 2.77 bits per heavy atom. The maximum absolute atomic E-state index is 12.7. The zero-order chi connectivity index (χ0) is 16.3. The first kappa shape index (κ1) is 16.2. The monoisotopic (exact) mass is 320 g/mol. The van der Waals surface area contributed by atoms with E-state index in [0.717, 1.165) is 11.4 Å². The van der Waals surface area contributed by atoms with Crippen LogP contribution in [0.1, 0.15) is 20.8 Å². The Labute approximate surface area is 133 Å². The van der Waals surface area contributed by atoms with E-state index in [1.165, 1.54) is 6.20 Å². The fourth-order valence-corrected chi connectivity index (χ4v) is 2.26. The third-order valence-corrected chi connectivity index (χ3v) is 3.86. The van der Waals surface area contributed by atoms with E-state index in [1.54, 1.807) is 7.05 Å². The molecule has 0 aromatic carbocycles. The van der Waals surface area contributed by atoms with E-state index in [2.05, 4.69) is 31.7 Å². The number of aromatic nitrogens is 2. The highest BCUT2D eigenvalue weighted by molar-refractivity contribution is 7.94. The van der Waals surface area contributed by atoms with E-state index < -0.39 is 5.41 Å². The fourth-order valence-electron chi connectivity index (χ4n) is 1.95. The normalized spacial score (nSPS) is 17.5. The molecule has 0 saturated carbocycles. The first-order valence-electron chi connectivity index (χ1n) is 6.69. The average Bonchev–Trinajstić information content (AvgIpc) is 2.89. The van der Waals surface area contributed by atoms with Crippen LogP contribution in [0.2, 0.25) is 0 Å². The molecule has 6 nitrogen and oxygen atoms in total. The number of nitrogens with zero attached hydrogens (tertiary/aromatic N) is 4. The van der Waals surface area contributed by atoms with Gasteiger partial charge in [0.2, 0.25) is 5.95 Å². The number of nitriles is 1. The molecule has 1 aliphatic heterocycles. The van der Waals surface area contributed by atoms with Gasteiger partial charge in [0.1, 0.15) is 10.7 Å². The zero-order valence-electron chi connectivity index (χ0n) is 12.8. The molecule has 22 heavy (non-hydrogen) atoms. The Morgan fingerprint density at radius 2 is 2.18 bits per heavy atom. The lowest BCUT2D eigenvalue weighted by molar-refractivity contribution is 0.444. The van der Waals surface area contributed by atoms with Crippen LogP contribution in [-0.4, -0.2) is 28.8 Å². The SMILES string of the molecule is CNc1nc(NC2=CC(C(C)(C)C#N)N=C2C)ncc1SF. The minimum absolute atomic E-state index is 0.0891. The summed E-state index contributed by atoms with van der Waals surface area (Å²) >= 11 is 0.0891. The summed E-state index contributed by atoms with van der Waals surface area (Å²) in [5.74, 6) is 0.755. The van der Waals surface area contributed by atoms with Crippen molar-refractivity contribution in [1.82, 2.24) is 9.97 Å². The summed E-state index contributed by atoms with van der Waals surface area (Å²) in [5.41, 5.74) is 0.957. The molecule has 8 heteroatoms. The van der Waals surface area contributed by atoms with Gasteiger partial charge in [0.25, 0.3) is 0 Å². The molecule has 1 atom stereocenters. The van der Waals surface area contributed by atoms with E-state index in [0.29, 0.717) is 16.7 Å². The van der Waals surface area contributed by atoms with E-state index >= 15 is 0 Å². The van der Waals surface area contributed by atoms with Gasteiger partial charge >= 0.3 is 0 Å². The van der Waals surface area contributed by atoms with E-state index in [9.17, 15) is 9.15 Å². The van der Waals surface area contributed by atoms with Gasteiger partial charge in [-0.25, -0.2) is 4.98 Å². The Morgan fingerprint density at radius 1 is 1.45 bits per heavy atom. The van der Waals surface area contributed by atoms with Crippen molar-refractivity contribution in [3.05, 3.63) is 18.0 Å². The minimum atomic E-state index is -0.587. The Kier molecular flexibility index (Phi) is 4.66. The van der Waals surface area contributed by atoms with Crippen molar-refractivity contribution in [1.29, 1.82) is 5.26 Å². The quantitative estimate of drug-likeness (QED) is 0.866. The first-order valence-corrected chi connectivity index (χ1v) is 7.41. The molecular formula is C14H17FN6S. The third kappa shape index (κ3) is 3.20. The smallest absolute Gasteiger partial charge is 0.229 e. The topological polar surface area (TPSA) is 86.0 Å². The van der Waals surface area contributed by atoms with Gasteiger partial charge in [-0.2, -0.15) is 14.1 Å². The van der Waals surface area contributed by atoms with Gasteiger partial charge in [-0.05, 0) is 26.8 Å². The molecule has 1 aliphatic rings. The number of hydrogen-bond donors (Lipinski definition) is 2. The van der Waals surface area contributed by atoms with Gasteiger partial charge in [0.05, 0.1) is 47.3 Å². The highest BCUT2D eigenvalue weighted by Gasteiger charge is 2.31. The number of anilines is 2. The second kappa shape index (κ2) is 6.32. The van der Waals surface area contributed by atoms with Gasteiger partial charge in [-0.15, -0.1) is 0 Å². The lowest BCUT2D eigenvalue weighted by Crippen LogP contribution is -2.22. The van der Waals surface area contributed by atoms with E-state index in [1.807, 2.05) is 26.8 Å². The number of halogens is 1. The maximum Gasteiger partial charge on any atom is 0.229 e. The van der Waals surface area contributed by atoms with Crippen molar-refractivity contribution in [3.8, 4) is 6.07 Å². The number of rotatable bonds is 5. The predicted molar refractivity (Wildman–Crippen MR) is 86.5 cm³/mol. The number of allylic oxidation sites excluding steroid dienone is 1. The molecule has 2 rings (SSSR count). The molecule has 1 aromatic heterocycles. The van der Waals surface area contributed by atoms with Crippen molar-refractivity contribution in [2.75, 3.05) is 17.7 Å². The van der Waals surface area contributed by atoms with Crippen LogP contribution in [-0.2, 0) is 0 Å². The van der Waals surface area contributed by atoms with E-state index in [-0.39, 0.29) is 18.2 Å². The average molecular weight is 320 g/mol. The Hall–Kier alpha value is -2.14. The molecular weight excluding hydrogens is 303 g/mol. The minimum Gasteiger partial charge on any atom is -0.372 e. The van der Waals surface area contributed by atoms with E-state index in [4.69, 9.17) is 0 Å². The highest BCUT2D eigenvalue weighted by Crippen LogP contribution is 2.30. The molecule has 0 radical (unpaired) electrons. The van der Waals surface area contributed by atoms with Gasteiger partial charge in [0, 0.05) is 7.05 Å². The highest BCUT2D eigenvalue weighted by atomic mass is 32.2. The van der Waals surface area contributed by atoms with Crippen molar-refractivity contribution in [3.63, 3.8) is 0 Å². The molecule has 1 aromatic rings. The fraction of sp³-hybridized carbons (Fsp3) is 0.429. The van der Waals surface area contributed by atoms with Crippen LogP contribution >= 0.6 is 12.1 Å². The summed E-state index contributed by atoms with van der Waals surface area (Å²) in [4.78, 5) is 13.1. The number of nitrogens with one attached hydrogen (secondary N) is 2. The second-order valence-corrected chi connectivity index (χ2v) is 6.03. The standard InChI is InChI=1S/C14H17FN6S/c1-8-9(5-11(19-8)14(2,3)7-16)20-13-18-6-10(22-15)12(17-4)21-13/h5-6,11H,1-4H3,(H2,17,18,20,21). The summed E-state index contributed by atoms with van der Waals surface area (Å²) in [5, 5.41) is 15.1. The molecule has 0 bridgehead atoms. The van der Waals surface area contributed by atoms with Gasteiger partial charge in [-0.3, -0.25) is 4.99 Å². The molecule has 0 spiro atoms. The summed E-state index contributed by atoms with van der Waals surface area (Å²) in [7, 11) is 1.67. The van der Waals surface area contributed by atoms with Crippen LogP contribution in [0.3, 0.4) is 0 Å². The lowest BCUT2D eigenvalue weighted by atomic mass is 9.87. The molecule has 0 amide bonds. The number of hydrogen-bond acceptors (Lipinski definition) is 7. The van der Waals surface area contributed by atoms with Crippen LogP contribution in [0.15, 0.2) is 27.9 Å². The van der Waals surface area contributed by atoms with Crippen LogP contribution in [0, 0.1) is 16.7 Å². The Bertz CT molecular complexity index is 676. The van der Waals surface area contributed by atoms with Crippen molar-refractivity contribution < 1.29 is 3.89 Å². The number of aliphatic imine (C=N–C) groups is 1. The van der Waals surface area contributed by atoms with Crippen LogP contribution in [0.4, 0.5) is 15.7 Å². The van der Waals surface area contributed by atoms with Crippen molar-refractivity contribution >= 4 is 29.6 Å². The summed E-state index contributed by atoms with van der Waals surface area (Å²) < 4.78 is 12.7. The molecule has 0 fully saturated rings. The van der Waals surface area contributed by atoms with Crippen LogP contribution in [0.5, 0.6) is 0 Å². The van der Waals surface area contributed by atoms with Crippen molar-refractivity contribution in [2.24, 2.45) is 10.4 Å². The molecule has 1 unspecified atom stereocenters. The predicted octanol–water partition coefficient (Wildman–Crippen LogP) is 3.18. The first-order chi connectivity index (χ1) is 10.4. The van der Waals surface area contributed by atoms with Gasteiger partial charge < -0.3 is 10.6 Å². The Balaban J connectivity index is 2.23. The molecule has 0 aliphatic carbocycles. The summed E-state index contributed by atoms with van der Waals surface area (Å²) in [6, 6.07) is 2.04. The van der Waals surface area contributed by atoms with Crippen LogP contribution < -0.4 is 10.6 Å².